The molecular weight excluding hydrogens is 341 g/mol. The normalized spacial score (nSPS) is 11.1. The van der Waals surface area contributed by atoms with E-state index in [1.165, 1.54) is 12.1 Å². The monoisotopic (exact) mass is 353 g/mol. The lowest BCUT2D eigenvalue weighted by molar-refractivity contribution is -0.115. The summed E-state index contributed by atoms with van der Waals surface area (Å²) >= 11 is 5.72. The van der Waals surface area contributed by atoms with E-state index in [9.17, 15) is 9.18 Å². The zero-order chi connectivity index (χ0) is 17.4. The van der Waals surface area contributed by atoms with Crippen molar-refractivity contribution in [3.63, 3.8) is 0 Å². The van der Waals surface area contributed by atoms with E-state index in [1.807, 2.05) is 30.3 Å². The standard InChI is InChI=1S/C20H13ClFNO2/c21-13-6-5-12(17(22)10-13)9-20(24)23-14-7-8-16-15-3-1-2-4-18(15)25-19(16)11-14/h1-8,10-11H,9H2,(H,23,24). The van der Waals surface area contributed by atoms with E-state index in [0.717, 1.165) is 16.4 Å². The van der Waals surface area contributed by atoms with E-state index in [-0.39, 0.29) is 12.3 Å². The fraction of sp³-hybridized carbons (Fsp3) is 0.0500. The summed E-state index contributed by atoms with van der Waals surface area (Å²) in [5.74, 6) is -0.799. The molecule has 0 atom stereocenters. The Hall–Kier alpha value is -2.85. The number of rotatable bonds is 3. The van der Waals surface area contributed by atoms with Crippen LogP contribution in [0.3, 0.4) is 0 Å². The van der Waals surface area contributed by atoms with Gasteiger partial charge < -0.3 is 9.73 Å². The highest BCUT2D eigenvalue weighted by atomic mass is 35.5. The number of furan rings is 1. The Labute approximate surface area is 148 Å². The van der Waals surface area contributed by atoms with Crippen LogP contribution in [0.4, 0.5) is 10.1 Å². The fourth-order valence-corrected chi connectivity index (χ4v) is 3.01. The summed E-state index contributed by atoms with van der Waals surface area (Å²) in [7, 11) is 0. The van der Waals surface area contributed by atoms with Crippen molar-refractivity contribution < 1.29 is 13.6 Å². The number of anilines is 1. The molecule has 3 aromatic carbocycles. The highest BCUT2D eigenvalue weighted by molar-refractivity contribution is 6.30. The Bertz CT molecular complexity index is 1100. The first-order chi connectivity index (χ1) is 12.1. The lowest BCUT2D eigenvalue weighted by Crippen LogP contribution is -2.15. The summed E-state index contributed by atoms with van der Waals surface area (Å²) in [6.07, 6.45) is -0.0683. The molecule has 5 heteroatoms. The van der Waals surface area contributed by atoms with Gasteiger partial charge in [-0.25, -0.2) is 4.39 Å². The second-order valence-corrected chi connectivity index (χ2v) is 6.21. The fourth-order valence-electron chi connectivity index (χ4n) is 2.85. The molecule has 0 aliphatic heterocycles. The van der Waals surface area contributed by atoms with Gasteiger partial charge in [0.25, 0.3) is 0 Å². The molecule has 0 bridgehead atoms. The SMILES string of the molecule is O=C(Cc1ccc(Cl)cc1F)Nc1ccc2c(c1)oc1ccccc12. The molecule has 1 amide bonds. The predicted molar refractivity (Wildman–Crippen MR) is 97.5 cm³/mol. The van der Waals surface area contributed by atoms with Gasteiger partial charge in [-0.2, -0.15) is 0 Å². The number of carbonyl (C=O) groups excluding carboxylic acids is 1. The van der Waals surface area contributed by atoms with Crippen LogP contribution < -0.4 is 5.32 Å². The quantitative estimate of drug-likeness (QED) is 0.524. The first-order valence-electron chi connectivity index (χ1n) is 7.75. The number of hydrogen-bond acceptors (Lipinski definition) is 2. The summed E-state index contributed by atoms with van der Waals surface area (Å²) in [5.41, 5.74) is 2.39. The van der Waals surface area contributed by atoms with Crippen LogP contribution in [0.15, 0.2) is 65.1 Å². The molecule has 1 N–H and O–H groups in total. The molecular formula is C20H13ClFNO2. The molecule has 124 valence electrons. The minimum Gasteiger partial charge on any atom is -0.456 e. The van der Waals surface area contributed by atoms with Gasteiger partial charge in [0.1, 0.15) is 17.0 Å². The molecule has 3 nitrogen and oxygen atoms in total. The van der Waals surface area contributed by atoms with E-state index in [4.69, 9.17) is 16.0 Å². The van der Waals surface area contributed by atoms with Crippen LogP contribution in [0.25, 0.3) is 21.9 Å². The molecule has 4 aromatic rings. The highest BCUT2D eigenvalue weighted by Gasteiger charge is 2.11. The van der Waals surface area contributed by atoms with Crippen molar-refractivity contribution >= 4 is 45.1 Å². The van der Waals surface area contributed by atoms with Crippen LogP contribution in [0.1, 0.15) is 5.56 Å². The van der Waals surface area contributed by atoms with Gasteiger partial charge in [0.15, 0.2) is 0 Å². The minimum absolute atomic E-state index is 0.0683. The lowest BCUT2D eigenvalue weighted by Gasteiger charge is -2.06. The summed E-state index contributed by atoms with van der Waals surface area (Å²) in [6, 6.07) is 17.5. The van der Waals surface area contributed by atoms with Gasteiger partial charge in [-0.1, -0.05) is 35.9 Å². The zero-order valence-corrected chi connectivity index (χ0v) is 13.8. The molecule has 0 radical (unpaired) electrons. The first kappa shape index (κ1) is 15.7. The average molecular weight is 354 g/mol. The molecule has 25 heavy (non-hydrogen) atoms. The van der Waals surface area contributed by atoms with Crippen LogP contribution in [0.2, 0.25) is 5.02 Å². The number of hydrogen-bond donors (Lipinski definition) is 1. The lowest BCUT2D eigenvalue weighted by atomic mass is 10.1. The van der Waals surface area contributed by atoms with Crippen molar-refractivity contribution in [2.45, 2.75) is 6.42 Å². The summed E-state index contributed by atoms with van der Waals surface area (Å²) < 4.78 is 19.6. The Balaban J connectivity index is 1.57. The van der Waals surface area contributed by atoms with E-state index in [2.05, 4.69) is 5.32 Å². The summed E-state index contributed by atoms with van der Waals surface area (Å²) in [6.45, 7) is 0. The number of halogens is 2. The molecule has 4 rings (SSSR count). The van der Waals surface area contributed by atoms with Crippen LogP contribution in [0, 0.1) is 5.82 Å². The third-order valence-electron chi connectivity index (χ3n) is 4.03. The maximum Gasteiger partial charge on any atom is 0.228 e. The van der Waals surface area contributed by atoms with Gasteiger partial charge in [-0.3, -0.25) is 4.79 Å². The maximum absolute atomic E-state index is 13.8. The predicted octanol–water partition coefficient (Wildman–Crippen LogP) is 5.56. The van der Waals surface area contributed by atoms with Crippen LogP contribution in [-0.4, -0.2) is 5.91 Å². The van der Waals surface area contributed by atoms with E-state index >= 15 is 0 Å². The van der Waals surface area contributed by atoms with Gasteiger partial charge in [0.2, 0.25) is 5.91 Å². The van der Waals surface area contributed by atoms with Crippen LogP contribution >= 0.6 is 11.6 Å². The van der Waals surface area contributed by atoms with E-state index < -0.39 is 5.82 Å². The van der Waals surface area contributed by atoms with Gasteiger partial charge >= 0.3 is 0 Å². The molecule has 0 saturated heterocycles. The van der Waals surface area contributed by atoms with Gasteiger partial charge in [-0.05, 0) is 35.9 Å². The smallest absolute Gasteiger partial charge is 0.228 e. The Morgan fingerprint density at radius 3 is 2.64 bits per heavy atom. The van der Waals surface area contributed by atoms with Gasteiger partial charge in [0, 0.05) is 27.5 Å². The van der Waals surface area contributed by atoms with Crippen LogP contribution in [-0.2, 0) is 11.2 Å². The number of para-hydroxylation sites is 1. The molecule has 0 aliphatic rings. The zero-order valence-electron chi connectivity index (χ0n) is 13.1. The van der Waals surface area contributed by atoms with E-state index in [0.29, 0.717) is 21.9 Å². The molecule has 0 saturated carbocycles. The Morgan fingerprint density at radius 2 is 1.80 bits per heavy atom. The van der Waals surface area contributed by atoms with Crippen molar-refractivity contribution in [2.75, 3.05) is 5.32 Å². The van der Waals surface area contributed by atoms with E-state index in [1.54, 1.807) is 18.2 Å². The van der Waals surface area contributed by atoms with Crippen molar-refractivity contribution in [3.05, 3.63) is 77.1 Å². The third-order valence-corrected chi connectivity index (χ3v) is 4.26. The second kappa shape index (κ2) is 6.22. The maximum atomic E-state index is 13.8. The first-order valence-corrected chi connectivity index (χ1v) is 8.13. The summed E-state index contributed by atoms with van der Waals surface area (Å²) in [5, 5.41) is 5.08. The molecule has 1 heterocycles. The number of fused-ring (bicyclic) bond motifs is 3. The molecule has 0 spiro atoms. The van der Waals surface area contributed by atoms with Crippen molar-refractivity contribution in [3.8, 4) is 0 Å². The molecule has 0 fully saturated rings. The van der Waals surface area contributed by atoms with Gasteiger partial charge in [-0.15, -0.1) is 0 Å². The second-order valence-electron chi connectivity index (χ2n) is 5.77. The molecule has 1 aromatic heterocycles. The van der Waals surface area contributed by atoms with Crippen molar-refractivity contribution in [1.82, 2.24) is 0 Å². The molecule has 0 aliphatic carbocycles. The number of benzene rings is 3. The summed E-state index contributed by atoms with van der Waals surface area (Å²) in [4.78, 5) is 12.2. The van der Waals surface area contributed by atoms with Crippen molar-refractivity contribution in [1.29, 1.82) is 0 Å². The third kappa shape index (κ3) is 3.08. The topological polar surface area (TPSA) is 42.2 Å². The highest BCUT2D eigenvalue weighted by Crippen LogP contribution is 2.30. The molecule has 0 unspecified atom stereocenters. The van der Waals surface area contributed by atoms with Crippen LogP contribution in [0.5, 0.6) is 0 Å². The largest absolute Gasteiger partial charge is 0.456 e. The van der Waals surface area contributed by atoms with Crippen molar-refractivity contribution in [2.24, 2.45) is 0 Å². The average Bonchev–Trinajstić information content (AvgIpc) is 2.95. The Morgan fingerprint density at radius 1 is 1.00 bits per heavy atom. The minimum atomic E-state index is -0.490. The van der Waals surface area contributed by atoms with Gasteiger partial charge in [0.05, 0.1) is 6.42 Å². The number of nitrogens with one attached hydrogen (secondary N) is 1. The number of carbonyl (C=O) groups is 1. The Kier molecular flexibility index (Phi) is 3.90. The number of amides is 1.